The second-order valence-corrected chi connectivity index (χ2v) is 5.36. The monoisotopic (exact) mass is 352 g/mol. The minimum absolute atomic E-state index is 0.179. The molecule has 0 radical (unpaired) electrons. The van der Waals surface area contributed by atoms with Gasteiger partial charge in [-0.1, -0.05) is 18.2 Å². The van der Waals surface area contributed by atoms with Crippen LogP contribution in [0, 0.1) is 0 Å². The van der Waals surface area contributed by atoms with Gasteiger partial charge in [-0.2, -0.15) is 13.2 Å². The van der Waals surface area contributed by atoms with Crippen molar-refractivity contribution in [1.82, 2.24) is 5.32 Å². The SMILES string of the molecule is O=C(NCCc1ccc2c(c1)OCO2)Nc1ccccc1C(F)(F)F. The van der Waals surface area contributed by atoms with E-state index in [1.165, 1.54) is 18.2 Å². The zero-order valence-electron chi connectivity index (χ0n) is 13.0. The molecule has 0 fully saturated rings. The molecule has 3 rings (SSSR count). The van der Waals surface area contributed by atoms with E-state index in [1.54, 1.807) is 12.1 Å². The van der Waals surface area contributed by atoms with Crippen LogP contribution in [0.4, 0.5) is 23.7 Å². The van der Waals surface area contributed by atoms with Crippen LogP contribution < -0.4 is 20.1 Å². The van der Waals surface area contributed by atoms with E-state index >= 15 is 0 Å². The molecule has 8 heteroatoms. The Morgan fingerprint density at radius 3 is 2.64 bits per heavy atom. The van der Waals surface area contributed by atoms with Crippen molar-refractivity contribution in [2.75, 3.05) is 18.7 Å². The predicted octanol–water partition coefficient (Wildman–Crippen LogP) is 3.80. The summed E-state index contributed by atoms with van der Waals surface area (Å²) in [5, 5.41) is 4.77. The lowest BCUT2D eigenvalue weighted by molar-refractivity contribution is -0.136. The van der Waals surface area contributed by atoms with E-state index in [2.05, 4.69) is 10.6 Å². The van der Waals surface area contributed by atoms with Crippen LogP contribution in [0.3, 0.4) is 0 Å². The van der Waals surface area contributed by atoms with Gasteiger partial charge in [0.25, 0.3) is 0 Å². The van der Waals surface area contributed by atoms with Crippen LogP contribution in [0.5, 0.6) is 11.5 Å². The van der Waals surface area contributed by atoms with Gasteiger partial charge in [0.05, 0.1) is 11.3 Å². The topological polar surface area (TPSA) is 59.6 Å². The van der Waals surface area contributed by atoms with E-state index in [9.17, 15) is 18.0 Å². The molecule has 1 heterocycles. The van der Waals surface area contributed by atoms with E-state index < -0.39 is 17.8 Å². The Hall–Kier alpha value is -2.90. The van der Waals surface area contributed by atoms with E-state index in [0.29, 0.717) is 17.9 Å². The van der Waals surface area contributed by atoms with Gasteiger partial charge in [-0.15, -0.1) is 0 Å². The molecule has 2 aromatic rings. The third-order valence-electron chi connectivity index (χ3n) is 3.62. The van der Waals surface area contributed by atoms with Crippen molar-refractivity contribution in [2.45, 2.75) is 12.6 Å². The lowest BCUT2D eigenvalue weighted by atomic mass is 10.1. The normalized spacial score (nSPS) is 12.8. The van der Waals surface area contributed by atoms with Crippen molar-refractivity contribution in [3.8, 4) is 11.5 Å². The highest BCUT2D eigenvalue weighted by atomic mass is 19.4. The van der Waals surface area contributed by atoms with E-state index in [0.717, 1.165) is 11.6 Å². The minimum atomic E-state index is -4.53. The summed E-state index contributed by atoms with van der Waals surface area (Å²) in [6.07, 6.45) is -4.03. The molecule has 1 aliphatic rings. The van der Waals surface area contributed by atoms with Crippen LogP contribution >= 0.6 is 0 Å². The van der Waals surface area contributed by atoms with Crippen LogP contribution in [0.25, 0.3) is 0 Å². The first-order valence-corrected chi connectivity index (χ1v) is 7.53. The number of carbonyl (C=O) groups is 1. The fourth-order valence-electron chi connectivity index (χ4n) is 2.42. The third kappa shape index (κ3) is 4.14. The highest BCUT2D eigenvalue weighted by Gasteiger charge is 2.33. The summed E-state index contributed by atoms with van der Waals surface area (Å²) in [5.74, 6) is 1.30. The molecule has 2 N–H and O–H groups in total. The van der Waals surface area contributed by atoms with Gasteiger partial charge in [-0.05, 0) is 36.2 Å². The van der Waals surface area contributed by atoms with Crippen LogP contribution in [0.15, 0.2) is 42.5 Å². The summed E-state index contributed by atoms with van der Waals surface area (Å²) in [6.45, 7) is 0.442. The number of hydrogen-bond acceptors (Lipinski definition) is 3. The number of fused-ring (bicyclic) bond motifs is 1. The fraction of sp³-hybridized carbons (Fsp3) is 0.235. The first-order chi connectivity index (χ1) is 11.9. The third-order valence-corrected chi connectivity index (χ3v) is 3.62. The molecule has 2 amide bonds. The smallest absolute Gasteiger partial charge is 0.418 e. The molecule has 0 bridgehead atoms. The average molecular weight is 352 g/mol. The Kier molecular flexibility index (Phi) is 4.69. The lowest BCUT2D eigenvalue weighted by Gasteiger charge is -2.14. The number of hydrogen-bond donors (Lipinski definition) is 2. The molecule has 0 unspecified atom stereocenters. The molecule has 132 valence electrons. The van der Waals surface area contributed by atoms with Crippen LogP contribution in [0.2, 0.25) is 0 Å². The van der Waals surface area contributed by atoms with Crippen LogP contribution in [-0.4, -0.2) is 19.4 Å². The zero-order chi connectivity index (χ0) is 17.9. The number of para-hydroxylation sites is 1. The fourth-order valence-corrected chi connectivity index (χ4v) is 2.42. The molecule has 0 aliphatic carbocycles. The Morgan fingerprint density at radius 1 is 1.08 bits per heavy atom. The second-order valence-electron chi connectivity index (χ2n) is 5.36. The second kappa shape index (κ2) is 6.92. The Balaban J connectivity index is 1.54. The summed E-state index contributed by atoms with van der Waals surface area (Å²) in [6, 6.07) is 9.55. The van der Waals surface area contributed by atoms with Crippen molar-refractivity contribution < 1.29 is 27.4 Å². The number of carbonyl (C=O) groups excluding carboxylic acids is 1. The summed E-state index contributed by atoms with van der Waals surface area (Å²) >= 11 is 0. The largest absolute Gasteiger partial charge is 0.454 e. The number of nitrogens with one attached hydrogen (secondary N) is 2. The molecule has 25 heavy (non-hydrogen) atoms. The van der Waals surface area contributed by atoms with Gasteiger partial charge in [-0.3, -0.25) is 0 Å². The number of halogens is 3. The molecule has 2 aromatic carbocycles. The van der Waals surface area contributed by atoms with E-state index in [4.69, 9.17) is 9.47 Å². The van der Waals surface area contributed by atoms with Gasteiger partial charge in [0.1, 0.15) is 0 Å². The van der Waals surface area contributed by atoms with Crippen molar-refractivity contribution in [1.29, 1.82) is 0 Å². The standard InChI is InChI=1S/C17H15F3N2O3/c18-17(19,20)12-3-1-2-4-13(12)22-16(23)21-8-7-11-5-6-14-15(9-11)25-10-24-14/h1-6,9H,7-8,10H2,(H2,21,22,23). The molecule has 0 atom stereocenters. The predicted molar refractivity (Wildman–Crippen MR) is 84.7 cm³/mol. The Bertz CT molecular complexity index is 778. The molecule has 0 saturated heterocycles. The first-order valence-electron chi connectivity index (χ1n) is 7.53. The molecule has 0 spiro atoms. The maximum atomic E-state index is 12.9. The first kappa shape index (κ1) is 16.9. The van der Waals surface area contributed by atoms with Gasteiger partial charge < -0.3 is 20.1 Å². The number of ether oxygens (including phenoxy) is 2. The summed E-state index contributed by atoms with van der Waals surface area (Å²) in [4.78, 5) is 11.8. The number of anilines is 1. The van der Waals surface area contributed by atoms with Gasteiger partial charge >= 0.3 is 12.2 Å². The van der Waals surface area contributed by atoms with Gasteiger partial charge in [-0.25, -0.2) is 4.79 Å². The van der Waals surface area contributed by atoms with Crippen LogP contribution in [0.1, 0.15) is 11.1 Å². The number of urea groups is 1. The molecule has 0 aromatic heterocycles. The number of benzene rings is 2. The Labute approximate surface area is 141 Å². The molecular weight excluding hydrogens is 337 g/mol. The highest BCUT2D eigenvalue weighted by Crippen LogP contribution is 2.34. The highest BCUT2D eigenvalue weighted by molar-refractivity contribution is 5.90. The van der Waals surface area contributed by atoms with Crippen molar-refractivity contribution in [2.24, 2.45) is 0 Å². The maximum Gasteiger partial charge on any atom is 0.418 e. The van der Waals surface area contributed by atoms with E-state index in [1.807, 2.05) is 6.07 Å². The van der Waals surface area contributed by atoms with Gasteiger partial charge in [0, 0.05) is 6.54 Å². The molecule has 5 nitrogen and oxygen atoms in total. The molecular formula is C17H15F3N2O3. The zero-order valence-corrected chi connectivity index (χ0v) is 13.0. The summed E-state index contributed by atoms with van der Waals surface area (Å²) in [7, 11) is 0. The van der Waals surface area contributed by atoms with Gasteiger partial charge in [0.15, 0.2) is 11.5 Å². The van der Waals surface area contributed by atoms with Crippen LogP contribution in [-0.2, 0) is 12.6 Å². The molecule has 1 aliphatic heterocycles. The number of amides is 2. The molecule has 0 saturated carbocycles. The van der Waals surface area contributed by atoms with Gasteiger partial charge in [0.2, 0.25) is 6.79 Å². The summed E-state index contributed by atoms with van der Waals surface area (Å²) < 4.78 is 49.1. The number of rotatable bonds is 4. The average Bonchev–Trinajstić information content (AvgIpc) is 3.02. The van der Waals surface area contributed by atoms with E-state index in [-0.39, 0.29) is 19.0 Å². The number of alkyl halides is 3. The minimum Gasteiger partial charge on any atom is -0.454 e. The van der Waals surface area contributed by atoms with Crippen molar-refractivity contribution >= 4 is 11.7 Å². The lowest BCUT2D eigenvalue weighted by Crippen LogP contribution is -2.31. The maximum absolute atomic E-state index is 12.9. The Morgan fingerprint density at radius 2 is 1.84 bits per heavy atom. The van der Waals surface area contributed by atoms with Crippen molar-refractivity contribution in [3.63, 3.8) is 0 Å². The quantitative estimate of drug-likeness (QED) is 0.880. The summed E-state index contributed by atoms with van der Waals surface area (Å²) in [5.41, 5.74) is -0.253. The van der Waals surface area contributed by atoms with Crippen molar-refractivity contribution in [3.05, 3.63) is 53.6 Å².